The number of benzene rings is 1. The number of halogens is 1. The highest BCUT2D eigenvalue weighted by Gasteiger charge is 2.13. The number of nitrogen functional groups attached to an aromatic ring is 1. The molecule has 0 unspecified atom stereocenters. The van der Waals surface area contributed by atoms with Gasteiger partial charge in [-0.05, 0) is 24.3 Å². The average molecular weight is 322 g/mol. The summed E-state index contributed by atoms with van der Waals surface area (Å²) in [6.45, 7) is 0. The van der Waals surface area contributed by atoms with Crippen LogP contribution < -0.4 is 5.73 Å². The summed E-state index contributed by atoms with van der Waals surface area (Å²) in [6, 6.07) is 11.4. The molecule has 3 aromatic rings. The summed E-state index contributed by atoms with van der Waals surface area (Å²) in [5.41, 5.74) is 6.58. The molecule has 2 aromatic heterocycles. The van der Waals surface area contributed by atoms with Crippen molar-refractivity contribution in [2.75, 3.05) is 5.73 Å². The summed E-state index contributed by atoms with van der Waals surface area (Å²) in [7, 11) is 0. The Morgan fingerprint density at radius 2 is 2.00 bits per heavy atom. The molecule has 2 N–H and O–H groups in total. The normalized spacial score (nSPS) is 10.7. The number of rotatable bonds is 2. The van der Waals surface area contributed by atoms with Crippen LogP contribution in [-0.2, 0) is 0 Å². The van der Waals surface area contributed by atoms with Gasteiger partial charge in [0.05, 0.1) is 9.88 Å². The SMILES string of the molecule is Nc1ccc(-c2nc(-c3ccccc3Br)no2)s1. The molecule has 0 aliphatic carbocycles. The molecule has 90 valence electrons. The predicted octanol–water partition coefficient (Wildman–Crippen LogP) is 3.81. The Morgan fingerprint density at radius 1 is 1.17 bits per heavy atom. The van der Waals surface area contributed by atoms with E-state index in [9.17, 15) is 0 Å². The minimum absolute atomic E-state index is 0.488. The number of anilines is 1. The first-order valence-electron chi connectivity index (χ1n) is 5.18. The first kappa shape index (κ1) is 11.4. The zero-order valence-corrected chi connectivity index (χ0v) is 11.5. The van der Waals surface area contributed by atoms with Gasteiger partial charge in [0.1, 0.15) is 0 Å². The molecule has 4 nitrogen and oxygen atoms in total. The van der Waals surface area contributed by atoms with Gasteiger partial charge in [0.2, 0.25) is 5.82 Å². The lowest BCUT2D eigenvalue weighted by atomic mass is 10.2. The van der Waals surface area contributed by atoms with Crippen LogP contribution in [0, 0.1) is 0 Å². The van der Waals surface area contributed by atoms with Gasteiger partial charge in [-0.15, -0.1) is 11.3 Å². The molecular formula is C12H8BrN3OS. The van der Waals surface area contributed by atoms with Crippen LogP contribution in [0.4, 0.5) is 5.00 Å². The predicted molar refractivity (Wildman–Crippen MR) is 75.2 cm³/mol. The van der Waals surface area contributed by atoms with E-state index in [4.69, 9.17) is 10.3 Å². The van der Waals surface area contributed by atoms with Crippen molar-refractivity contribution in [1.29, 1.82) is 0 Å². The number of thiophene rings is 1. The zero-order chi connectivity index (χ0) is 12.5. The van der Waals surface area contributed by atoms with E-state index in [-0.39, 0.29) is 0 Å². The van der Waals surface area contributed by atoms with Gasteiger partial charge < -0.3 is 10.3 Å². The molecule has 0 atom stereocenters. The second-order valence-corrected chi connectivity index (χ2v) is 5.57. The smallest absolute Gasteiger partial charge is 0.268 e. The summed E-state index contributed by atoms with van der Waals surface area (Å²) in [4.78, 5) is 5.25. The molecule has 0 saturated heterocycles. The van der Waals surface area contributed by atoms with Crippen LogP contribution in [-0.4, -0.2) is 10.1 Å². The fraction of sp³-hybridized carbons (Fsp3) is 0. The van der Waals surface area contributed by atoms with Crippen molar-refractivity contribution in [3.63, 3.8) is 0 Å². The van der Waals surface area contributed by atoms with Crippen LogP contribution in [0.5, 0.6) is 0 Å². The van der Waals surface area contributed by atoms with Gasteiger partial charge >= 0.3 is 0 Å². The maximum Gasteiger partial charge on any atom is 0.268 e. The summed E-state index contributed by atoms with van der Waals surface area (Å²) >= 11 is 4.89. The molecule has 2 heterocycles. The van der Waals surface area contributed by atoms with Crippen LogP contribution in [0.1, 0.15) is 0 Å². The fourth-order valence-corrected chi connectivity index (χ4v) is 2.70. The lowest BCUT2D eigenvalue weighted by Gasteiger charge is -1.96. The third kappa shape index (κ3) is 2.04. The molecule has 6 heteroatoms. The highest BCUT2D eigenvalue weighted by molar-refractivity contribution is 9.10. The molecule has 18 heavy (non-hydrogen) atoms. The van der Waals surface area contributed by atoms with Gasteiger partial charge in [0, 0.05) is 10.0 Å². The van der Waals surface area contributed by atoms with Gasteiger partial charge in [-0.1, -0.05) is 33.2 Å². The molecular weight excluding hydrogens is 314 g/mol. The van der Waals surface area contributed by atoms with E-state index in [0.29, 0.717) is 11.7 Å². The zero-order valence-electron chi connectivity index (χ0n) is 9.13. The van der Waals surface area contributed by atoms with Crippen molar-refractivity contribution in [3.8, 4) is 22.2 Å². The topological polar surface area (TPSA) is 64.9 Å². The minimum atomic E-state index is 0.488. The van der Waals surface area contributed by atoms with E-state index in [1.165, 1.54) is 11.3 Å². The molecule has 0 aliphatic rings. The van der Waals surface area contributed by atoms with Crippen LogP contribution in [0.3, 0.4) is 0 Å². The number of hydrogen-bond donors (Lipinski definition) is 1. The summed E-state index contributed by atoms with van der Waals surface area (Å²) in [5, 5.41) is 4.71. The van der Waals surface area contributed by atoms with Crippen molar-refractivity contribution < 1.29 is 4.52 Å². The van der Waals surface area contributed by atoms with Crippen molar-refractivity contribution >= 4 is 32.3 Å². The highest BCUT2D eigenvalue weighted by Crippen LogP contribution is 2.31. The van der Waals surface area contributed by atoms with Crippen molar-refractivity contribution in [2.45, 2.75) is 0 Å². The monoisotopic (exact) mass is 321 g/mol. The molecule has 1 aromatic carbocycles. The van der Waals surface area contributed by atoms with Crippen molar-refractivity contribution in [3.05, 3.63) is 40.9 Å². The van der Waals surface area contributed by atoms with Crippen LogP contribution in [0.15, 0.2) is 45.4 Å². The fourth-order valence-electron chi connectivity index (χ4n) is 1.54. The molecule has 0 aliphatic heterocycles. The van der Waals surface area contributed by atoms with E-state index >= 15 is 0 Å². The molecule has 0 spiro atoms. The number of nitrogens with two attached hydrogens (primary N) is 1. The third-order valence-corrected chi connectivity index (χ3v) is 3.97. The Hall–Kier alpha value is -1.66. The van der Waals surface area contributed by atoms with Gasteiger partial charge in [-0.25, -0.2) is 0 Å². The van der Waals surface area contributed by atoms with Gasteiger partial charge in [-0.3, -0.25) is 0 Å². The van der Waals surface area contributed by atoms with Crippen LogP contribution in [0.2, 0.25) is 0 Å². The first-order chi connectivity index (χ1) is 8.74. The quantitative estimate of drug-likeness (QED) is 0.779. The lowest BCUT2D eigenvalue weighted by Crippen LogP contribution is -1.81. The van der Waals surface area contributed by atoms with E-state index < -0.39 is 0 Å². The minimum Gasteiger partial charge on any atom is -0.391 e. The molecule has 0 bridgehead atoms. The second kappa shape index (κ2) is 4.55. The Bertz CT molecular complexity index is 692. The number of hydrogen-bond acceptors (Lipinski definition) is 5. The van der Waals surface area contributed by atoms with E-state index in [1.54, 1.807) is 0 Å². The van der Waals surface area contributed by atoms with E-state index in [2.05, 4.69) is 26.1 Å². The van der Waals surface area contributed by atoms with Gasteiger partial charge in [-0.2, -0.15) is 4.98 Å². The van der Waals surface area contributed by atoms with Crippen LogP contribution >= 0.6 is 27.3 Å². The lowest BCUT2D eigenvalue weighted by molar-refractivity contribution is 0.433. The first-order valence-corrected chi connectivity index (χ1v) is 6.79. The Labute approximate surface area is 116 Å². The maximum absolute atomic E-state index is 5.68. The number of aromatic nitrogens is 2. The van der Waals surface area contributed by atoms with Gasteiger partial charge in [0.15, 0.2) is 0 Å². The van der Waals surface area contributed by atoms with E-state index in [1.807, 2.05) is 36.4 Å². The second-order valence-electron chi connectivity index (χ2n) is 3.60. The average Bonchev–Trinajstić information content (AvgIpc) is 2.98. The Kier molecular flexibility index (Phi) is 2.89. The number of nitrogens with zero attached hydrogens (tertiary/aromatic N) is 2. The molecule has 0 radical (unpaired) electrons. The van der Waals surface area contributed by atoms with E-state index in [0.717, 1.165) is 19.9 Å². The molecule has 0 saturated carbocycles. The summed E-state index contributed by atoms with van der Waals surface area (Å²) in [6.07, 6.45) is 0. The highest BCUT2D eigenvalue weighted by atomic mass is 79.9. The summed E-state index contributed by atoms with van der Waals surface area (Å²) in [5.74, 6) is 1.05. The van der Waals surface area contributed by atoms with Crippen LogP contribution in [0.25, 0.3) is 22.2 Å². The largest absolute Gasteiger partial charge is 0.391 e. The third-order valence-electron chi connectivity index (χ3n) is 2.38. The molecule has 0 amide bonds. The van der Waals surface area contributed by atoms with Crippen molar-refractivity contribution in [2.24, 2.45) is 0 Å². The summed E-state index contributed by atoms with van der Waals surface area (Å²) < 4.78 is 6.18. The van der Waals surface area contributed by atoms with Crippen molar-refractivity contribution in [1.82, 2.24) is 10.1 Å². The molecule has 0 fully saturated rings. The Balaban J connectivity index is 2.02. The van der Waals surface area contributed by atoms with Gasteiger partial charge in [0.25, 0.3) is 5.89 Å². The standard InChI is InChI=1S/C12H8BrN3OS/c13-8-4-2-1-3-7(8)11-15-12(17-16-11)9-5-6-10(14)18-9/h1-6H,14H2. The maximum atomic E-state index is 5.68. The Morgan fingerprint density at radius 3 is 2.72 bits per heavy atom. The molecule has 3 rings (SSSR count).